The lowest BCUT2D eigenvalue weighted by Crippen LogP contribution is -2.56. The van der Waals surface area contributed by atoms with Crippen LogP contribution in [-0.2, 0) is 11.3 Å². The Balaban J connectivity index is 1.31. The average molecular weight is 400 g/mol. The van der Waals surface area contributed by atoms with Crippen LogP contribution in [0.1, 0.15) is 24.2 Å². The van der Waals surface area contributed by atoms with Gasteiger partial charge in [-0.2, -0.15) is 5.10 Å². The van der Waals surface area contributed by atoms with Gasteiger partial charge >= 0.3 is 0 Å². The van der Waals surface area contributed by atoms with Gasteiger partial charge in [0.1, 0.15) is 12.4 Å². The summed E-state index contributed by atoms with van der Waals surface area (Å²) in [5, 5.41) is 4.43. The van der Waals surface area contributed by atoms with Crippen molar-refractivity contribution >= 4 is 11.6 Å². The van der Waals surface area contributed by atoms with Crippen LogP contribution in [-0.4, -0.2) is 70.8 Å². The number of carbonyl (C=O) groups is 1. The van der Waals surface area contributed by atoms with Gasteiger partial charge in [-0.1, -0.05) is 0 Å². The maximum atomic E-state index is 13.2. The smallest absolute Gasteiger partial charge is 0.244 e. The van der Waals surface area contributed by atoms with Gasteiger partial charge in [0.15, 0.2) is 0 Å². The molecule has 3 heterocycles. The predicted octanol–water partition coefficient (Wildman–Crippen LogP) is 2.45. The molecule has 1 atom stereocenters. The first-order valence-electron chi connectivity index (χ1n) is 10.5. The molecule has 0 N–H and O–H groups in total. The lowest BCUT2D eigenvalue weighted by Gasteiger charge is -2.44. The van der Waals surface area contributed by atoms with Crippen molar-refractivity contribution in [2.75, 3.05) is 44.2 Å². The number of halogens is 1. The van der Waals surface area contributed by atoms with Crippen molar-refractivity contribution in [3.63, 3.8) is 0 Å². The molecule has 7 heteroatoms. The number of carbonyl (C=O) groups excluding carboxylic acids is 1. The fourth-order valence-electron chi connectivity index (χ4n) is 4.54. The number of hydrogen-bond donors (Lipinski definition) is 0. The quantitative estimate of drug-likeness (QED) is 0.792. The van der Waals surface area contributed by atoms with E-state index in [1.54, 1.807) is 0 Å². The van der Waals surface area contributed by atoms with Crippen LogP contribution in [0.15, 0.2) is 30.3 Å². The number of piperidine rings is 1. The Hall–Kier alpha value is -2.41. The number of piperazine rings is 1. The molecule has 0 bridgehead atoms. The van der Waals surface area contributed by atoms with E-state index in [9.17, 15) is 9.18 Å². The highest BCUT2D eigenvalue weighted by molar-refractivity contribution is 5.76. The SMILES string of the molecule is Cc1cc(C)n(CC(=O)N2CCC[C@H](N3CCN(c4ccc(F)cc4)CC3)C2)n1. The summed E-state index contributed by atoms with van der Waals surface area (Å²) < 4.78 is 15.0. The van der Waals surface area contributed by atoms with Crippen LogP contribution in [0, 0.1) is 19.7 Å². The van der Waals surface area contributed by atoms with Crippen LogP contribution in [0.25, 0.3) is 0 Å². The molecule has 1 aromatic carbocycles. The Morgan fingerprint density at radius 1 is 1.10 bits per heavy atom. The Kier molecular flexibility index (Phi) is 5.85. The standard InChI is InChI=1S/C22H30FN5O/c1-17-14-18(2)28(24-17)16-22(29)27-9-3-4-21(15-27)26-12-10-25(11-13-26)20-7-5-19(23)6-8-20/h5-8,14,21H,3-4,9-13,15-16H2,1-2H3/t21-/m0/s1. The minimum atomic E-state index is -0.195. The molecule has 0 unspecified atom stereocenters. The van der Waals surface area contributed by atoms with Crippen molar-refractivity contribution in [3.05, 3.63) is 47.5 Å². The molecule has 0 saturated carbocycles. The van der Waals surface area contributed by atoms with Crippen molar-refractivity contribution < 1.29 is 9.18 Å². The molecule has 0 aliphatic carbocycles. The monoisotopic (exact) mass is 399 g/mol. The molecule has 4 rings (SSSR count). The molecule has 0 radical (unpaired) electrons. The zero-order valence-corrected chi connectivity index (χ0v) is 17.4. The summed E-state index contributed by atoms with van der Waals surface area (Å²) in [6, 6.07) is 9.18. The van der Waals surface area contributed by atoms with E-state index in [1.165, 1.54) is 12.1 Å². The topological polar surface area (TPSA) is 44.6 Å². The third-order valence-electron chi connectivity index (χ3n) is 6.16. The molecule has 6 nitrogen and oxygen atoms in total. The number of hydrogen-bond acceptors (Lipinski definition) is 4. The summed E-state index contributed by atoms with van der Waals surface area (Å²) >= 11 is 0. The first-order chi connectivity index (χ1) is 14.0. The van der Waals surface area contributed by atoms with Crippen LogP contribution in [0.2, 0.25) is 0 Å². The normalized spacial score (nSPS) is 20.9. The van der Waals surface area contributed by atoms with Gasteiger partial charge in [-0.15, -0.1) is 0 Å². The van der Waals surface area contributed by atoms with E-state index in [-0.39, 0.29) is 11.7 Å². The minimum Gasteiger partial charge on any atom is -0.369 e. The highest BCUT2D eigenvalue weighted by atomic mass is 19.1. The number of aryl methyl sites for hydroxylation is 2. The maximum absolute atomic E-state index is 13.2. The zero-order chi connectivity index (χ0) is 20.4. The summed E-state index contributed by atoms with van der Waals surface area (Å²) in [5.74, 6) is -0.0364. The molecule has 1 aromatic heterocycles. The molecule has 2 aliphatic rings. The Morgan fingerprint density at radius 2 is 1.83 bits per heavy atom. The summed E-state index contributed by atoms with van der Waals surface area (Å²) in [6.45, 7) is 9.72. The first kappa shape index (κ1) is 19.9. The second-order valence-electron chi connectivity index (χ2n) is 8.22. The summed E-state index contributed by atoms with van der Waals surface area (Å²) in [6.07, 6.45) is 2.19. The largest absolute Gasteiger partial charge is 0.369 e. The average Bonchev–Trinajstić information content (AvgIpc) is 3.05. The van der Waals surface area contributed by atoms with Crippen LogP contribution in [0.3, 0.4) is 0 Å². The van der Waals surface area contributed by atoms with Crippen molar-refractivity contribution in [2.24, 2.45) is 0 Å². The molecule has 2 saturated heterocycles. The molecular weight excluding hydrogens is 369 g/mol. The zero-order valence-electron chi connectivity index (χ0n) is 17.4. The van der Waals surface area contributed by atoms with Gasteiger partial charge in [-0.3, -0.25) is 14.4 Å². The second kappa shape index (κ2) is 8.53. The van der Waals surface area contributed by atoms with Gasteiger partial charge in [0.05, 0.1) is 5.69 Å². The van der Waals surface area contributed by atoms with Crippen molar-refractivity contribution in [1.29, 1.82) is 0 Å². The van der Waals surface area contributed by atoms with E-state index in [0.29, 0.717) is 12.6 Å². The molecule has 2 aromatic rings. The molecular formula is C22H30FN5O. The molecule has 2 aliphatic heterocycles. The third-order valence-corrected chi connectivity index (χ3v) is 6.16. The van der Waals surface area contributed by atoms with Gasteiger partial charge in [0.2, 0.25) is 5.91 Å². The van der Waals surface area contributed by atoms with E-state index in [4.69, 9.17) is 0 Å². The number of benzene rings is 1. The maximum Gasteiger partial charge on any atom is 0.244 e. The van der Waals surface area contributed by atoms with Crippen LogP contribution < -0.4 is 4.90 Å². The molecule has 156 valence electrons. The van der Waals surface area contributed by atoms with Gasteiger partial charge < -0.3 is 9.80 Å². The predicted molar refractivity (Wildman–Crippen MR) is 111 cm³/mol. The van der Waals surface area contributed by atoms with E-state index in [2.05, 4.69) is 14.9 Å². The van der Waals surface area contributed by atoms with E-state index in [1.807, 2.05) is 41.6 Å². The van der Waals surface area contributed by atoms with E-state index >= 15 is 0 Å². The summed E-state index contributed by atoms with van der Waals surface area (Å²) in [5.41, 5.74) is 3.06. The van der Waals surface area contributed by atoms with Crippen molar-refractivity contribution in [3.8, 4) is 0 Å². The number of likely N-dealkylation sites (tertiary alicyclic amines) is 1. The highest BCUT2D eigenvalue weighted by Gasteiger charge is 2.30. The van der Waals surface area contributed by atoms with E-state index in [0.717, 1.165) is 69.2 Å². The number of anilines is 1. The third kappa shape index (κ3) is 4.61. The minimum absolute atomic E-state index is 0.158. The van der Waals surface area contributed by atoms with Crippen LogP contribution in [0.5, 0.6) is 0 Å². The lowest BCUT2D eigenvalue weighted by molar-refractivity contribution is -0.134. The number of rotatable bonds is 4. The Morgan fingerprint density at radius 3 is 2.48 bits per heavy atom. The van der Waals surface area contributed by atoms with Gasteiger partial charge in [-0.25, -0.2) is 4.39 Å². The first-order valence-corrected chi connectivity index (χ1v) is 10.5. The second-order valence-corrected chi connectivity index (χ2v) is 8.22. The van der Waals surface area contributed by atoms with Crippen LogP contribution in [0.4, 0.5) is 10.1 Å². The molecule has 0 spiro atoms. The van der Waals surface area contributed by atoms with Gasteiger partial charge in [0, 0.05) is 56.7 Å². The summed E-state index contributed by atoms with van der Waals surface area (Å²) in [7, 11) is 0. The van der Waals surface area contributed by atoms with Crippen molar-refractivity contribution in [1.82, 2.24) is 19.6 Å². The van der Waals surface area contributed by atoms with E-state index < -0.39 is 0 Å². The summed E-state index contributed by atoms with van der Waals surface area (Å²) in [4.78, 5) is 19.7. The highest BCUT2D eigenvalue weighted by Crippen LogP contribution is 2.21. The Labute approximate surface area is 171 Å². The van der Waals surface area contributed by atoms with Gasteiger partial charge in [-0.05, 0) is 57.0 Å². The van der Waals surface area contributed by atoms with Gasteiger partial charge in [0.25, 0.3) is 0 Å². The fourth-order valence-corrected chi connectivity index (χ4v) is 4.54. The molecule has 2 fully saturated rings. The number of nitrogens with zero attached hydrogens (tertiary/aromatic N) is 5. The molecule has 1 amide bonds. The molecule has 29 heavy (non-hydrogen) atoms. The van der Waals surface area contributed by atoms with Crippen molar-refractivity contribution in [2.45, 2.75) is 39.3 Å². The van der Waals surface area contributed by atoms with Crippen LogP contribution >= 0.6 is 0 Å². The number of aromatic nitrogens is 2. The Bertz CT molecular complexity index is 841. The lowest BCUT2D eigenvalue weighted by atomic mass is 10.0. The number of amides is 1. The fraction of sp³-hybridized carbons (Fsp3) is 0.545.